The van der Waals surface area contributed by atoms with Crippen LogP contribution in [0.1, 0.15) is 27.2 Å². The summed E-state index contributed by atoms with van der Waals surface area (Å²) in [5.74, 6) is 0.120. The third-order valence-corrected chi connectivity index (χ3v) is 3.60. The Morgan fingerprint density at radius 3 is 2.42 bits per heavy atom. The molecule has 0 aromatic carbocycles. The Labute approximate surface area is 116 Å². The van der Waals surface area contributed by atoms with E-state index >= 15 is 0 Å². The molecule has 1 aliphatic heterocycles. The number of hydrogen-bond acceptors (Lipinski definition) is 4. The number of amides is 1. The molecule has 1 rings (SSSR count). The van der Waals surface area contributed by atoms with E-state index in [-0.39, 0.29) is 23.7 Å². The first-order valence-electron chi connectivity index (χ1n) is 7.11. The first kappa shape index (κ1) is 16.1. The molecule has 0 spiro atoms. The molecule has 1 saturated heterocycles. The number of hydrogen-bond donors (Lipinski definition) is 1. The lowest BCUT2D eigenvalue weighted by Crippen LogP contribution is -2.47. The number of ketones is 1. The zero-order valence-corrected chi connectivity index (χ0v) is 12.6. The first-order valence-corrected chi connectivity index (χ1v) is 7.11. The van der Waals surface area contributed by atoms with E-state index in [2.05, 4.69) is 22.2 Å². The van der Waals surface area contributed by atoms with Gasteiger partial charge in [0.05, 0.1) is 12.6 Å². The topological polar surface area (TPSA) is 52.7 Å². The Bertz CT molecular complexity index is 318. The maximum absolute atomic E-state index is 12.0. The van der Waals surface area contributed by atoms with Gasteiger partial charge in [-0.2, -0.15) is 0 Å². The van der Waals surface area contributed by atoms with Crippen molar-refractivity contribution in [3.63, 3.8) is 0 Å². The van der Waals surface area contributed by atoms with Crippen molar-refractivity contribution >= 4 is 11.7 Å². The number of carbonyl (C=O) groups is 2. The fourth-order valence-electron chi connectivity index (χ4n) is 2.42. The molecule has 1 heterocycles. The van der Waals surface area contributed by atoms with Gasteiger partial charge in [-0.3, -0.25) is 14.5 Å². The minimum atomic E-state index is -0.359. The maximum atomic E-state index is 12.0. The van der Waals surface area contributed by atoms with Gasteiger partial charge in [-0.1, -0.05) is 13.8 Å². The molecule has 0 aromatic rings. The van der Waals surface area contributed by atoms with Crippen molar-refractivity contribution in [2.45, 2.75) is 33.2 Å². The number of carbonyl (C=O) groups excluding carboxylic acids is 2. The lowest BCUT2D eigenvalue weighted by molar-refractivity contribution is -0.128. The number of nitrogens with zero attached hydrogens (tertiary/aromatic N) is 2. The molecule has 0 bridgehead atoms. The van der Waals surface area contributed by atoms with Crippen molar-refractivity contribution in [2.24, 2.45) is 5.92 Å². The van der Waals surface area contributed by atoms with Crippen molar-refractivity contribution in [3.05, 3.63) is 0 Å². The highest BCUT2D eigenvalue weighted by Gasteiger charge is 2.22. The van der Waals surface area contributed by atoms with Gasteiger partial charge in [0.15, 0.2) is 5.78 Å². The number of Topliss-reactive ketones (excluding diaryl/α,β-unsaturated/α-hetero) is 1. The summed E-state index contributed by atoms with van der Waals surface area (Å²) < 4.78 is 0. The monoisotopic (exact) mass is 269 g/mol. The minimum Gasteiger partial charge on any atom is -0.345 e. The summed E-state index contributed by atoms with van der Waals surface area (Å²) in [7, 11) is 2.11. The number of nitrogens with one attached hydrogen (secondary N) is 1. The summed E-state index contributed by atoms with van der Waals surface area (Å²) >= 11 is 0. The van der Waals surface area contributed by atoms with E-state index < -0.39 is 0 Å². The minimum absolute atomic E-state index is 0.0268. The van der Waals surface area contributed by atoms with Crippen LogP contribution in [0.5, 0.6) is 0 Å². The van der Waals surface area contributed by atoms with Gasteiger partial charge >= 0.3 is 0 Å². The average Bonchev–Trinajstić information content (AvgIpc) is 2.50. The van der Waals surface area contributed by atoms with Crippen LogP contribution < -0.4 is 5.32 Å². The summed E-state index contributed by atoms with van der Waals surface area (Å²) in [6, 6.07) is -0.359. The van der Waals surface area contributed by atoms with Crippen molar-refractivity contribution in [2.75, 3.05) is 39.8 Å². The molecular formula is C14H27N3O2. The van der Waals surface area contributed by atoms with E-state index in [4.69, 9.17) is 0 Å². The van der Waals surface area contributed by atoms with Crippen LogP contribution in [0.2, 0.25) is 0 Å². The molecule has 19 heavy (non-hydrogen) atoms. The zero-order valence-electron chi connectivity index (χ0n) is 12.6. The normalized spacial score (nSPS) is 20.1. The molecule has 0 aromatic heterocycles. The smallest absolute Gasteiger partial charge is 0.234 e. The predicted octanol–water partition coefficient (Wildman–Crippen LogP) is 0.354. The van der Waals surface area contributed by atoms with Crippen LogP contribution >= 0.6 is 0 Å². The second kappa shape index (κ2) is 7.60. The average molecular weight is 269 g/mol. The largest absolute Gasteiger partial charge is 0.345 e. The van der Waals surface area contributed by atoms with Crippen LogP contribution in [-0.2, 0) is 9.59 Å². The quantitative estimate of drug-likeness (QED) is 0.783. The molecule has 1 amide bonds. The van der Waals surface area contributed by atoms with E-state index in [1.807, 2.05) is 13.8 Å². The van der Waals surface area contributed by atoms with Gasteiger partial charge in [0.2, 0.25) is 5.91 Å². The molecule has 1 aliphatic rings. The van der Waals surface area contributed by atoms with Crippen LogP contribution in [0, 0.1) is 5.92 Å². The molecule has 5 heteroatoms. The summed E-state index contributed by atoms with van der Waals surface area (Å²) in [5, 5.41) is 2.85. The van der Waals surface area contributed by atoms with Crippen LogP contribution in [0.3, 0.4) is 0 Å². The SMILES string of the molecule is CC(=O)C(NC(=O)CN1CCCN(C)CC1)C(C)C. The van der Waals surface area contributed by atoms with Crippen LogP contribution in [0.25, 0.3) is 0 Å². The second-order valence-electron chi connectivity index (χ2n) is 5.83. The lowest BCUT2D eigenvalue weighted by atomic mass is 10.0. The maximum Gasteiger partial charge on any atom is 0.234 e. The van der Waals surface area contributed by atoms with Crippen LogP contribution in [0.15, 0.2) is 0 Å². The summed E-state index contributed by atoms with van der Waals surface area (Å²) in [4.78, 5) is 27.9. The van der Waals surface area contributed by atoms with Gasteiger partial charge in [0.1, 0.15) is 0 Å². The van der Waals surface area contributed by atoms with Crippen molar-refractivity contribution in [1.29, 1.82) is 0 Å². The molecule has 110 valence electrons. The number of rotatable bonds is 5. The predicted molar refractivity (Wildman–Crippen MR) is 76.0 cm³/mol. The number of likely N-dealkylation sites (N-methyl/N-ethyl adjacent to an activating group) is 1. The van der Waals surface area contributed by atoms with Crippen LogP contribution in [-0.4, -0.2) is 67.3 Å². The fraction of sp³-hybridized carbons (Fsp3) is 0.857. The second-order valence-corrected chi connectivity index (χ2v) is 5.83. The third kappa shape index (κ3) is 5.70. The lowest BCUT2D eigenvalue weighted by Gasteiger charge is -2.23. The summed E-state index contributed by atoms with van der Waals surface area (Å²) in [5.41, 5.74) is 0. The van der Waals surface area contributed by atoms with Gasteiger partial charge in [0.25, 0.3) is 0 Å². The molecule has 1 atom stereocenters. The Kier molecular flexibility index (Phi) is 6.45. The van der Waals surface area contributed by atoms with Crippen molar-refractivity contribution in [3.8, 4) is 0 Å². The molecule has 1 N–H and O–H groups in total. The molecule has 1 unspecified atom stereocenters. The van der Waals surface area contributed by atoms with Gasteiger partial charge in [-0.25, -0.2) is 0 Å². The molecule has 0 radical (unpaired) electrons. The van der Waals surface area contributed by atoms with Gasteiger partial charge in [0, 0.05) is 13.1 Å². The summed E-state index contributed by atoms with van der Waals surface area (Å²) in [6.45, 7) is 9.77. The van der Waals surface area contributed by atoms with Gasteiger partial charge in [-0.15, -0.1) is 0 Å². The summed E-state index contributed by atoms with van der Waals surface area (Å²) in [6.07, 6.45) is 1.09. The van der Waals surface area contributed by atoms with E-state index in [0.717, 1.165) is 32.6 Å². The highest BCUT2D eigenvalue weighted by atomic mass is 16.2. The molecular weight excluding hydrogens is 242 g/mol. The van der Waals surface area contributed by atoms with Gasteiger partial charge < -0.3 is 10.2 Å². The van der Waals surface area contributed by atoms with E-state index in [1.54, 1.807) is 0 Å². The molecule has 0 saturated carbocycles. The Hall–Kier alpha value is -0.940. The van der Waals surface area contributed by atoms with Gasteiger partial charge in [-0.05, 0) is 39.4 Å². The van der Waals surface area contributed by atoms with Crippen molar-refractivity contribution < 1.29 is 9.59 Å². The van der Waals surface area contributed by atoms with E-state index in [0.29, 0.717) is 6.54 Å². The first-order chi connectivity index (χ1) is 8.90. The Morgan fingerprint density at radius 2 is 1.84 bits per heavy atom. The zero-order chi connectivity index (χ0) is 14.4. The molecule has 0 aliphatic carbocycles. The highest BCUT2D eigenvalue weighted by Crippen LogP contribution is 2.04. The van der Waals surface area contributed by atoms with E-state index in [1.165, 1.54) is 6.92 Å². The Morgan fingerprint density at radius 1 is 1.16 bits per heavy atom. The molecule has 5 nitrogen and oxygen atoms in total. The van der Waals surface area contributed by atoms with E-state index in [9.17, 15) is 9.59 Å². The molecule has 1 fully saturated rings. The van der Waals surface area contributed by atoms with Crippen molar-refractivity contribution in [1.82, 2.24) is 15.1 Å². The highest BCUT2D eigenvalue weighted by molar-refractivity contribution is 5.88. The third-order valence-electron chi connectivity index (χ3n) is 3.60. The van der Waals surface area contributed by atoms with Crippen LogP contribution in [0.4, 0.5) is 0 Å². The fourth-order valence-corrected chi connectivity index (χ4v) is 2.42. The standard InChI is InChI=1S/C14H27N3O2/c1-11(2)14(12(3)18)15-13(19)10-17-7-5-6-16(4)8-9-17/h11,14H,5-10H2,1-4H3,(H,15,19). The Balaban J connectivity index is 2.43.